The van der Waals surface area contributed by atoms with Gasteiger partial charge in [0.05, 0.1) is 7.11 Å². The van der Waals surface area contributed by atoms with Crippen LogP contribution in [0.2, 0.25) is 0 Å². The zero-order valence-electron chi connectivity index (χ0n) is 9.04. The lowest BCUT2D eigenvalue weighted by Crippen LogP contribution is -2.29. The summed E-state index contributed by atoms with van der Waals surface area (Å²) in [5, 5.41) is 8.53. The number of aliphatic carboxylic acids is 1. The molecule has 1 aliphatic rings. The summed E-state index contributed by atoms with van der Waals surface area (Å²) in [6.07, 6.45) is 1.57. The van der Waals surface area contributed by atoms with Gasteiger partial charge in [-0.3, -0.25) is 0 Å². The summed E-state index contributed by atoms with van der Waals surface area (Å²) in [5.41, 5.74) is 0.470. The molecule has 5 heteroatoms. The molecule has 1 aliphatic carbocycles. The number of allylic oxidation sites excluding steroid dienone is 1. The summed E-state index contributed by atoms with van der Waals surface area (Å²) in [6, 6.07) is 4.76. The highest BCUT2D eigenvalue weighted by Gasteiger charge is 2.45. The molecule has 0 fully saturated rings. The zero-order valence-corrected chi connectivity index (χ0v) is 9.04. The Morgan fingerprint density at radius 2 is 2.18 bits per heavy atom. The first-order valence-corrected chi connectivity index (χ1v) is 4.96. The van der Waals surface area contributed by atoms with Crippen molar-refractivity contribution in [3.05, 3.63) is 35.4 Å². The fourth-order valence-electron chi connectivity index (χ4n) is 1.85. The average Bonchev–Trinajstić information content (AvgIpc) is 2.71. The predicted molar refractivity (Wildman–Crippen MR) is 57.3 cm³/mol. The van der Waals surface area contributed by atoms with Crippen molar-refractivity contribution in [3.63, 3.8) is 0 Å². The number of hydrogen-bond donors (Lipinski definition) is 1. The Morgan fingerprint density at radius 3 is 2.76 bits per heavy atom. The third-order valence-corrected chi connectivity index (χ3v) is 2.74. The van der Waals surface area contributed by atoms with Gasteiger partial charge in [-0.1, -0.05) is 12.1 Å². The number of methoxy groups -OCH3 is 1. The molecule has 1 aromatic carbocycles. The van der Waals surface area contributed by atoms with Gasteiger partial charge in [-0.2, -0.15) is 8.78 Å². The van der Waals surface area contributed by atoms with E-state index in [1.807, 2.05) is 0 Å². The van der Waals surface area contributed by atoms with Crippen LogP contribution in [-0.4, -0.2) is 24.1 Å². The topological polar surface area (TPSA) is 46.5 Å². The van der Waals surface area contributed by atoms with E-state index in [9.17, 15) is 13.6 Å². The molecule has 0 unspecified atom stereocenters. The first-order chi connectivity index (χ1) is 7.96. The van der Waals surface area contributed by atoms with Crippen molar-refractivity contribution >= 4 is 11.5 Å². The van der Waals surface area contributed by atoms with Gasteiger partial charge in [0.2, 0.25) is 0 Å². The Labute approximate surface area is 96.3 Å². The molecule has 3 nitrogen and oxygen atoms in total. The van der Waals surface area contributed by atoms with Crippen LogP contribution in [-0.2, 0) is 11.2 Å². The van der Waals surface area contributed by atoms with Crippen molar-refractivity contribution in [2.24, 2.45) is 0 Å². The summed E-state index contributed by atoms with van der Waals surface area (Å²) < 4.78 is 31.9. The van der Waals surface area contributed by atoms with Crippen LogP contribution in [0.15, 0.2) is 24.3 Å². The predicted octanol–water partition coefficient (Wildman–Crippen LogP) is 2.35. The quantitative estimate of drug-likeness (QED) is 0.882. The minimum absolute atomic E-state index is 0.247. The molecule has 0 spiro atoms. The summed E-state index contributed by atoms with van der Waals surface area (Å²) in [6.45, 7) is 0. The lowest BCUT2D eigenvalue weighted by molar-refractivity contribution is -0.156. The molecule has 0 saturated carbocycles. The average molecular weight is 240 g/mol. The minimum Gasteiger partial charge on any atom is -0.497 e. The van der Waals surface area contributed by atoms with Crippen molar-refractivity contribution in [1.29, 1.82) is 0 Å². The Bertz CT molecular complexity index is 506. The van der Waals surface area contributed by atoms with Crippen molar-refractivity contribution in [2.45, 2.75) is 12.3 Å². The first kappa shape index (κ1) is 11.6. The van der Waals surface area contributed by atoms with E-state index in [4.69, 9.17) is 9.84 Å². The van der Waals surface area contributed by atoms with Gasteiger partial charge in [0.25, 0.3) is 0 Å². The van der Waals surface area contributed by atoms with Crippen LogP contribution in [0, 0.1) is 0 Å². The number of fused-ring (bicyclic) bond motifs is 1. The normalized spacial score (nSPS) is 14.2. The second-order valence-electron chi connectivity index (χ2n) is 3.72. The number of hydrogen-bond acceptors (Lipinski definition) is 2. The maximum Gasteiger partial charge on any atom is 0.379 e. The highest BCUT2D eigenvalue weighted by atomic mass is 19.3. The van der Waals surface area contributed by atoms with Crippen LogP contribution >= 0.6 is 0 Å². The van der Waals surface area contributed by atoms with E-state index in [1.165, 1.54) is 19.3 Å². The van der Waals surface area contributed by atoms with Gasteiger partial charge in [-0.05, 0) is 29.7 Å². The first-order valence-electron chi connectivity index (χ1n) is 4.96. The van der Waals surface area contributed by atoms with Crippen LogP contribution in [0.1, 0.15) is 11.1 Å². The molecule has 0 bridgehead atoms. The Hall–Kier alpha value is -1.91. The van der Waals surface area contributed by atoms with Crippen molar-refractivity contribution in [1.82, 2.24) is 0 Å². The minimum atomic E-state index is -3.86. The third-order valence-electron chi connectivity index (χ3n) is 2.74. The summed E-state index contributed by atoms with van der Waals surface area (Å²) >= 11 is 0. The lowest BCUT2D eigenvalue weighted by atomic mass is 10.0. The second kappa shape index (κ2) is 3.84. The van der Waals surface area contributed by atoms with Crippen molar-refractivity contribution in [3.8, 4) is 5.75 Å². The van der Waals surface area contributed by atoms with Gasteiger partial charge in [0.15, 0.2) is 0 Å². The van der Waals surface area contributed by atoms with Crippen molar-refractivity contribution < 1.29 is 23.4 Å². The standard InChI is InChI=1S/C12H10F2O3/c1-17-8-4-2-7-3-5-10(9(7)6-8)12(13,14)11(15)16/h2,4-6H,3H2,1H3,(H,15,16). The van der Waals surface area contributed by atoms with E-state index in [2.05, 4.69) is 0 Å². The number of carboxylic acids is 1. The lowest BCUT2D eigenvalue weighted by Gasteiger charge is -2.14. The molecule has 0 amide bonds. The number of ether oxygens (including phenoxy) is 1. The highest BCUT2D eigenvalue weighted by molar-refractivity contribution is 5.95. The van der Waals surface area contributed by atoms with Gasteiger partial charge in [0, 0.05) is 5.57 Å². The molecule has 90 valence electrons. The molecule has 0 aliphatic heterocycles. The van der Waals surface area contributed by atoms with E-state index >= 15 is 0 Å². The smallest absolute Gasteiger partial charge is 0.379 e. The molecular formula is C12H10F2O3. The molecule has 0 aromatic heterocycles. The molecule has 0 saturated heterocycles. The monoisotopic (exact) mass is 240 g/mol. The largest absolute Gasteiger partial charge is 0.497 e. The van der Waals surface area contributed by atoms with Crippen LogP contribution in [0.4, 0.5) is 8.78 Å². The maximum absolute atomic E-state index is 13.5. The second-order valence-corrected chi connectivity index (χ2v) is 3.72. The van der Waals surface area contributed by atoms with E-state index in [0.717, 1.165) is 0 Å². The Morgan fingerprint density at radius 1 is 1.47 bits per heavy atom. The van der Waals surface area contributed by atoms with E-state index in [-0.39, 0.29) is 5.56 Å². The van der Waals surface area contributed by atoms with E-state index in [1.54, 1.807) is 12.1 Å². The Kier molecular flexibility index (Phi) is 2.61. The molecule has 0 atom stereocenters. The number of rotatable bonds is 3. The maximum atomic E-state index is 13.5. The number of carboxylic acid groups (broad SMARTS) is 1. The van der Waals surface area contributed by atoms with Crippen LogP contribution in [0.25, 0.3) is 5.57 Å². The zero-order chi connectivity index (χ0) is 12.6. The SMILES string of the molecule is COc1ccc2c(c1)C(C(F)(F)C(=O)O)=CC2. The molecule has 0 radical (unpaired) electrons. The summed E-state index contributed by atoms with van der Waals surface area (Å²) in [4.78, 5) is 10.6. The van der Waals surface area contributed by atoms with Gasteiger partial charge in [-0.25, -0.2) is 4.79 Å². The molecular weight excluding hydrogens is 230 g/mol. The molecule has 1 aromatic rings. The number of alkyl halides is 2. The van der Waals surface area contributed by atoms with Crippen LogP contribution in [0.3, 0.4) is 0 Å². The molecule has 17 heavy (non-hydrogen) atoms. The van der Waals surface area contributed by atoms with Gasteiger partial charge >= 0.3 is 11.9 Å². The number of carbonyl (C=O) groups is 1. The Balaban J connectivity index is 2.48. The number of benzene rings is 1. The van der Waals surface area contributed by atoms with Crippen molar-refractivity contribution in [2.75, 3.05) is 7.11 Å². The summed E-state index contributed by atoms with van der Waals surface area (Å²) in [7, 11) is 1.43. The molecule has 1 N–H and O–H groups in total. The van der Waals surface area contributed by atoms with Gasteiger partial charge in [-0.15, -0.1) is 0 Å². The van der Waals surface area contributed by atoms with E-state index in [0.29, 0.717) is 17.7 Å². The third kappa shape index (κ3) is 1.77. The van der Waals surface area contributed by atoms with E-state index < -0.39 is 17.5 Å². The highest BCUT2D eigenvalue weighted by Crippen LogP contribution is 2.40. The fourth-order valence-corrected chi connectivity index (χ4v) is 1.85. The molecule has 2 rings (SSSR count). The number of halogens is 2. The van der Waals surface area contributed by atoms with Gasteiger partial charge in [0.1, 0.15) is 5.75 Å². The fraction of sp³-hybridized carbons (Fsp3) is 0.250. The van der Waals surface area contributed by atoms with Gasteiger partial charge < -0.3 is 9.84 Å². The van der Waals surface area contributed by atoms with Crippen LogP contribution < -0.4 is 4.74 Å². The summed E-state index contributed by atoms with van der Waals surface area (Å²) in [5.74, 6) is -5.57. The molecule has 0 heterocycles. The van der Waals surface area contributed by atoms with Crippen LogP contribution in [0.5, 0.6) is 5.75 Å².